The maximum atomic E-state index is 5.93. The standard InChI is InChI=1S/C29H33N7O2/c1-2-22-20-32-29(33-23-4-6-24(7-5-23)36-12-10-30-11-13-36)34-28(22)26(3-1)27-9-8-25(21-31-27)38-19-16-35-14-17-37-18-15-35/h1-9,20-21,30H,10-19H2,(H,32,33,34). The van der Waals surface area contributed by atoms with Crippen molar-refractivity contribution in [2.24, 2.45) is 0 Å². The van der Waals surface area contributed by atoms with Crippen molar-refractivity contribution >= 4 is 28.2 Å². The molecule has 2 aromatic carbocycles. The van der Waals surface area contributed by atoms with E-state index in [4.69, 9.17) is 14.5 Å². The van der Waals surface area contributed by atoms with E-state index in [1.807, 2.05) is 36.5 Å². The summed E-state index contributed by atoms with van der Waals surface area (Å²) in [4.78, 5) is 18.8. The Morgan fingerprint density at radius 2 is 1.74 bits per heavy atom. The lowest BCUT2D eigenvalue weighted by Crippen LogP contribution is -2.43. The summed E-state index contributed by atoms with van der Waals surface area (Å²) in [6.07, 6.45) is 3.64. The lowest BCUT2D eigenvalue weighted by atomic mass is 10.1. The molecule has 4 aromatic rings. The number of rotatable bonds is 8. The molecule has 0 spiro atoms. The van der Waals surface area contributed by atoms with Crippen LogP contribution in [0, 0.1) is 0 Å². The summed E-state index contributed by atoms with van der Waals surface area (Å²) in [6.45, 7) is 9.13. The summed E-state index contributed by atoms with van der Waals surface area (Å²) in [5, 5.41) is 7.72. The molecule has 0 atom stereocenters. The van der Waals surface area contributed by atoms with E-state index in [-0.39, 0.29) is 0 Å². The number of benzene rings is 2. The van der Waals surface area contributed by atoms with Crippen LogP contribution in [0.15, 0.2) is 67.0 Å². The lowest BCUT2D eigenvalue weighted by Gasteiger charge is -2.29. The van der Waals surface area contributed by atoms with Crippen molar-refractivity contribution in [3.8, 4) is 17.0 Å². The molecule has 4 heterocycles. The molecule has 2 saturated heterocycles. The second kappa shape index (κ2) is 11.7. The van der Waals surface area contributed by atoms with Gasteiger partial charge in [-0.05, 0) is 36.4 Å². The average molecular weight is 512 g/mol. The lowest BCUT2D eigenvalue weighted by molar-refractivity contribution is 0.0322. The van der Waals surface area contributed by atoms with E-state index < -0.39 is 0 Å². The molecule has 0 bridgehead atoms. The van der Waals surface area contributed by atoms with Gasteiger partial charge >= 0.3 is 0 Å². The molecule has 2 N–H and O–H groups in total. The molecule has 0 amide bonds. The molecule has 2 aromatic heterocycles. The molecular formula is C29H33N7O2. The molecule has 0 unspecified atom stereocenters. The molecule has 9 heteroatoms. The third-order valence-corrected chi connectivity index (χ3v) is 7.01. The number of aromatic nitrogens is 3. The van der Waals surface area contributed by atoms with Gasteiger partial charge in [-0.3, -0.25) is 9.88 Å². The fraction of sp³-hybridized carbons (Fsp3) is 0.345. The van der Waals surface area contributed by atoms with Gasteiger partial charge in [0.2, 0.25) is 5.95 Å². The number of hydrogen-bond donors (Lipinski definition) is 2. The molecule has 2 aliphatic rings. The smallest absolute Gasteiger partial charge is 0.227 e. The van der Waals surface area contributed by atoms with Crippen molar-refractivity contribution in [1.82, 2.24) is 25.2 Å². The number of nitrogens with zero attached hydrogens (tertiary/aromatic N) is 5. The molecule has 0 radical (unpaired) electrons. The van der Waals surface area contributed by atoms with E-state index in [9.17, 15) is 0 Å². The molecular weight excluding hydrogens is 478 g/mol. The van der Waals surface area contributed by atoms with Gasteiger partial charge in [-0.15, -0.1) is 0 Å². The van der Waals surface area contributed by atoms with Crippen LogP contribution in [0.5, 0.6) is 5.75 Å². The highest BCUT2D eigenvalue weighted by molar-refractivity contribution is 5.93. The summed E-state index contributed by atoms with van der Waals surface area (Å²) >= 11 is 0. The first-order valence-electron chi connectivity index (χ1n) is 13.3. The third kappa shape index (κ3) is 5.85. The monoisotopic (exact) mass is 511 g/mol. The summed E-state index contributed by atoms with van der Waals surface area (Å²) in [5.74, 6) is 1.33. The van der Waals surface area contributed by atoms with Crippen LogP contribution >= 0.6 is 0 Å². The first-order chi connectivity index (χ1) is 18.8. The zero-order chi connectivity index (χ0) is 25.6. The van der Waals surface area contributed by atoms with Crippen molar-refractivity contribution in [2.45, 2.75) is 0 Å². The second-order valence-electron chi connectivity index (χ2n) is 9.53. The van der Waals surface area contributed by atoms with Crippen LogP contribution in [-0.2, 0) is 4.74 Å². The largest absolute Gasteiger partial charge is 0.491 e. The van der Waals surface area contributed by atoms with Gasteiger partial charge in [-0.1, -0.05) is 18.2 Å². The van der Waals surface area contributed by atoms with Gasteiger partial charge in [0.15, 0.2) is 0 Å². The number of piperazine rings is 1. The SMILES string of the molecule is c1cc(-c2ccc(OCCN3CCOCC3)cn2)c2nc(Nc3ccc(N4CCNCC4)cc3)ncc2c1. The van der Waals surface area contributed by atoms with Gasteiger partial charge in [-0.25, -0.2) is 9.97 Å². The summed E-state index contributed by atoms with van der Waals surface area (Å²) in [7, 11) is 0. The number of ether oxygens (including phenoxy) is 2. The maximum absolute atomic E-state index is 5.93. The van der Waals surface area contributed by atoms with Crippen molar-refractivity contribution < 1.29 is 9.47 Å². The van der Waals surface area contributed by atoms with Gasteiger partial charge in [0.1, 0.15) is 12.4 Å². The molecule has 9 nitrogen and oxygen atoms in total. The molecule has 38 heavy (non-hydrogen) atoms. The molecule has 0 aliphatic carbocycles. The predicted octanol–water partition coefficient (Wildman–Crippen LogP) is 3.56. The second-order valence-corrected chi connectivity index (χ2v) is 9.53. The number of morpholine rings is 1. The predicted molar refractivity (Wildman–Crippen MR) is 150 cm³/mol. The number of anilines is 3. The number of nitrogens with one attached hydrogen (secondary N) is 2. The van der Waals surface area contributed by atoms with Crippen molar-refractivity contribution in [2.75, 3.05) is 75.9 Å². The van der Waals surface area contributed by atoms with E-state index >= 15 is 0 Å². The Kier molecular flexibility index (Phi) is 7.57. The van der Waals surface area contributed by atoms with E-state index in [1.165, 1.54) is 5.69 Å². The summed E-state index contributed by atoms with van der Waals surface area (Å²) in [6, 6.07) is 18.5. The van der Waals surface area contributed by atoms with Crippen LogP contribution in [0.25, 0.3) is 22.2 Å². The fourth-order valence-corrected chi connectivity index (χ4v) is 4.87. The normalized spacial score (nSPS) is 16.5. The Morgan fingerprint density at radius 3 is 2.53 bits per heavy atom. The first-order valence-corrected chi connectivity index (χ1v) is 13.3. The molecule has 0 saturated carbocycles. The van der Waals surface area contributed by atoms with Gasteiger partial charge in [0, 0.05) is 74.3 Å². The van der Waals surface area contributed by atoms with E-state index in [0.717, 1.165) is 92.6 Å². The van der Waals surface area contributed by atoms with E-state index in [1.54, 1.807) is 6.20 Å². The summed E-state index contributed by atoms with van der Waals surface area (Å²) in [5.41, 5.74) is 4.86. The van der Waals surface area contributed by atoms with Gasteiger partial charge < -0.3 is 25.0 Å². The van der Waals surface area contributed by atoms with Crippen LogP contribution < -0.4 is 20.3 Å². The molecule has 196 valence electrons. The van der Waals surface area contributed by atoms with E-state index in [2.05, 4.69) is 54.7 Å². The average Bonchev–Trinajstić information content (AvgIpc) is 2.99. The number of hydrogen-bond acceptors (Lipinski definition) is 9. The Bertz CT molecular complexity index is 1340. The van der Waals surface area contributed by atoms with E-state index in [0.29, 0.717) is 12.6 Å². The minimum atomic E-state index is 0.558. The Balaban J connectivity index is 1.14. The maximum Gasteiger partial charge on any atom is 0.227 e. The van der Waals surface area contributed by atoms with Crippen molar-refractivity contribution in [3.05, 3.63) is 67.0 Å². The van der Waals surface area contributed by atoms with Crippen LogP contribution in [0.1, 0.15) is 0 Å². The van der Waals surface area contributed by atoms with Crippen molar-refractivity contribution in [1.29, 1.82) is 0 Å². The van der Waals surface area contributed by atoms with Crippen LogP contribution in [-0.4, -0.2) is 85.5 Å². The quantitative estimate of drug-likeness (QED) is 0.369. The van der Waals surface area contributed by atoms with Crippen LogP contribution in [0.3, 0.4) is 0 Å². The minimum Gasteiger partial charge on any atom is -0.491 e. The topological polar surface area (TPSA) is 87.7 Å². The Labute approximate surface area is 222 Å². The Morgan fingerprint density at radius 1 is 0.895 bits per heavy atom. The Hall–Kier alpha value is -3.79. The van der Waals surface area contributed by atoms with Gasteiger partial charge in [-0.2, -0.15) is 0 Å². The fourth-order valence-electron chi connectivity index (χ4n) is 4.87. The highest BCUT2D eigenvalue weighted by Crippen LogP contribution is 2.28. The zero-order valence-corrected chi connectivity index (χ0v) is 21.5. The van der Waals surface area contributed by atoms with Gasteiger partial charge in [0.25, 0.3) is 0 Å². The van der Waals surface area contributed by atoms with Crippen LogP contribution in [0.2, 0.25) is 0 Å². The third-order valence-electron chi connectivity index (χ3n) is 7.01. The summed E-state index contributed by atoms with van der Waals surface area (Å²) < 4.78 is 11.3. The van der Waals surface area contributed by atoms with Gasteiger partial charge in [0.05, 0.1) is 30.6 Å². The molecule has 2 aliphatic heterocycles. The molecule has 6 rings (SSSR count). The van der Waals surface area contributed by atoms with Crippen LogP contribution in [0.4, 0.5) is 17.3 Å². The number of fused-ring (bicyclic) bond motifs is 1. The number of pyridine rings is 1. The number of para-hydroxylation sites is 1. The highest BCUT2D eigenvalue weighted by Gasteiger charge is 2.13. The minimum absolute atomic E-state index is 0.558. The van der Waals surface area contributed by atoms with Crippen molar-refractivity contribution in [3.63, 3.8) is 0 Å². The first kappa shape index (κ1) is 24.5. The highest BCUT2D eigenvalue weighted by atomic mass is 16.5. The molecule has 2 fully saturated rings. The zero-order valence-electron chi connectivity index (χ0n) is 21.5.